The Morgan fingerprint density at radius 2 is 1.89 bits per heavy atom. The summed E-state index contributed by atoms with van der Waals surface area (Å²) in [5, 5.41) is 10.4. The molecule has 0 saturated heterocycles. The van der Waals surface area contributed by atoms with Gasteiger partial charge in [-0.15, -0.1) is 0 Å². The molecule has 1 rings (SSSR count). The number of hydrogen-bond acceptors (Lipinski definition) is 6. The Morgan fingerprint density at radius 3 is 2.37 bits per heavy atom. The van der Waals surface area contributed by atoms with E-state index in [4.69, 9.17) is 0 Å². The lowest BCUT2D eigenvalue weighted by atomic mass is 10.3. The lowest BCUT2D eigenvalue weighted by Crippen LogP contribution is -2.13. The third kappa shape index (κ3) is 4.32. The fourth-order valence-electron chi connectivity index (χ4n) is 1.34. The molecule has 0 heterocycles. The molecule has 0 fully saturated rings. The maximum atomic E-state index is 11.8. The second kappa shape index (κ2) is 6.28. The first-order valence-corrected chi connectivity index (χ1v) is 7.15. The molecule has 0 unspecified atom stereocenters. The number of nitro groups is 1. The van der Waals surface area contributed by atoms with E-state index in [9.17, 15) is 23.3 Å². The van der Waals surface area contributed by atoms with Crippen molar-refractivity contribution in [1.82, 2.24) is 0 Å². The lowest BCUT2D eigenvalue weighted by Gasteiger charge is -2.04. The zero-order chi connectivity index (χ0) is 14.5. The molecule has 7 nitrogen and oxygen atoms in total. The molecule has 0 aliphatic rings. The van der Waals surface area contributed by atoms with Crippen LogP contribution in [-0.4, -0.2) is 31.7 Å². The highest BCUT2D eigenvalue weighted by molar-refractivity contribution is 7.91. The van der Waals surface area contributed by atoms with Gasteiger partial charge in [0, 0.05) is 12.1 Å². The molecule has 0 aromatic heterocycles. The normalized spacial score (nSPS) is 11.0. The van der Waals surface area contributed by atoms with E-state index < -0.39 is 20.7 Å². The largest absolute Gasteiger partial charge is 0.466 e. The van der Waals surface area contributed by atoms with E-state index in [1.54, 1.807) is 6.92 Å². The van der Waals surface area contributed by atoms with Crippen LogP contribution in [0.25, 0.3) is 0 Å². The number of nitrogens with zero attached hydrogens (tertiary/aromatic N) is 1. The van der Waals surface area contributed by atoms with Crippen molar-refractivity contribution in [2.45, 2.75) is 18.2 Å². The molecule has 19 heavy (non-hydrogen) atoms. The van der Waals surface area contributed by atoms with Gasteiger partial charge in [0.15, 0.2) is 9.84 Å². The second-order valence-corrected chi connectivity index (χ2v) is 5.73. The monoisotopic (exact) mass is 287 g/mol. The smallest absolute Gasteiger partial charge is 0.306 e. The number of carbonyl (C=O) groups is 1. The van der Waals surface area contributed by atoms with Crippen molar-refractivity contribution in [3.8, 4) is 0 Å². The topological polar surface area (TPSA) is 104 Å². The maximum Gasteiger partial charge on any atom is 0.306 e. The van der Waals surface area contributed by atoms with Gasteiger partial charge in [-0.1, -0.05) is 0 Å². The Morgan fingerprint density at radius 1 is 1.32 bits per heavy atom. The van der Waals surface area contributed by atoms with Crippen LogP contribution in [0, 0.1) is 10.1 Å². The average molecular weight is 287 g/mol. The molecule has 0 aliphatic carbocycles. The summed E-state index contributed by atoms with van der Waals surface area (Å²) in [4.78, 5) is 20.9. The third-order valence-corrected chi connectivity index (χ3v) is 4.02. The van der Waals surface area contributed by atoms with Crippen LogP contribution in [0.4, 0.5) is 5.69 Å². The van der Waals surface area contributed by atoms with Crippen LogP contribution < -0.4 is 0 Å². The Bertz CT molecular complexity index is 563. The molecule has 104 valence electrons. The minimum absolute atomic E-state index is 0.0533. The number of hydrogen-bond donors (Lipinski definition) is 0. The van der Waals surface area contributed by atoms with Crippen LogP contribution in [0.3, 0.4) is 0 Å². The van der Waals surface area contributed by atoms with Crippen LogP contribution >= 0.6 is 0 Å². The van der Waals surface area contributed by atoms with Crippen molar-refractivity contribution < 1.29 is 22.9 Å². The van der Waals surface area contributed by atoms with Crippen LogP contribution in [0.2, 0.25) is 0 Å². The number of nitro benzene ring substituents is 1. The molecular formula is C11H13NO6S. The zero-order valence-corrected chi connectivity index (χ0v) is 11.1. The molecular weight excluding hydrogens is 274 g/mol. The van der Waals surface area contributed by atoms with Crippen molar-refractivity contribution in [3.63, 3.8) is 0 Å². The Kier molecular flexibility index (Phi) is 4.99. The summed E-state index contributed by atoms with van der Waals surface area (Å²) >= 11 is 0. The van der Waals surface area contributed by atoms with Crippen molar-refractivity contribution >= 4 is 21.5 Å². The molecule has 1 aromatic rings. The second-order valence-electron chi connectivity index (χ2n) is 3.62. The van der Waals surface area contributed by atoms with E-state index in [-0.39, 0.29) is 29.4 Å². The summed E-state index contributed by atoms with van der Waals surface area (Å²) < 4.78 is 28.3. The predicted octanol–water partition coefficient (Wildman–Crippen LogP) is 1.32. The van der Waals surface area contributed by atoms with Gasteiger partial charge in [0.1, 0.15) is 0 Å². The summed E-state index contributed by atoms with van der Waals surface area (Å²) in [7, 11) is -3.64. The van der Waals surface area contributed by atoms with Gasteiger partial charge in [0.05, 0.1) is 28.6 Å². The highest BCUT2D eigenvalue weighted by Gasteiger charge is 2.18. The molecule has 0 amide bonds. The van der Waals surface area contributed by atoms with Gasteiger partial charge in [-0.2, -0.15) is 0 Å². The van der Waals surface area contributed by atoms with Crippen LogP contribution in [0.5, 0.6) is 0 Å². The summed E-state index contributed by atoms with van der Waals surface area (Å²) in [6, 6.07) is 4.52. The quantitative estimate of drug-likeness (QED) is 0.444. The number of non-ortho nitro benzene ring substituents is 1. The van der Waals surface area contributed by atoms with Gasteiger partial charge in [0.25, 0.3) is 5.69 Å². The van der Waals surface area contributed by atoms with Crippen molar-refractivity contribution in [2.75, 3.05) is 12.4 Å². The van der Waals surface area contributed by atoms with Crippen LogP contribution in [0.1, 0.15) is 13.3 Å². The van der Waals surface area contributed by atoms with E-state index in [1.165, 1.54) is 0 Å². The third-order valence-electron chi connectivity index (χ3n) is 2.29. The van der Waals surface area contributed by atoms with Crippen molar-refractivity contribution in [2.24, 2.45) is 0 Å². The molecule has 0 saturated carbocycles. The number of esters is 1. The number of carbonyl (C=O) groups excluding carboxylic acids is 1. The van der Waals surface area contributed by atoms with E-state index in [1.807, 2.05) is 0 Å². The molecule has 0 spiro atoms. The molecule has 0 bridgehead atoms. The SMILES string of the molecule is CCOC(=O)CCS(=O)(=O)c1ccc([N+](=O)[O-])cc1. The van der Waals surface area contributed by atoms with E-state index in [0.29, 0.717) is 0 Å². The first-order chi connectivity index (χ1) is 8.86. The molecule has 8 heteroatoms. The fourth-order valence-corrected chi connectivity index (χ4v) is 2.57. The maximum absolute atomic E-state index is 11.8. The van der Waals surface area contributed by atoms with Crippen LogP contribution in [0.15, 0.2) is 29.2 Å². The summed E-state index contributed by atoms with van der Waals surface area (Å²) in [5.41, 5.74) is -0.190. The molecule has 0 radical (unpaired) electrons. The number of benzene rings is 1. The van der Waals surface area contributed by atoms with Crippen molar-refractivity contribution in [1.29, 1.82) is 0 Å². The molecule has 0 N–H and O–H groups in total. The van der Waals surface area contributed by atoms with E-state index in [2.05, 4.69) is 4.74 Å². The Hall–Kier alpha value is -1.96. The standard InChI is InChI=1S/C11H13NO6S/c1-2-18-11(13)7-8-19(16,17)10-5-3-9(4-6-10)12(14)15/h3-6H,2,7-8H2,1H3. The minimum Gasteiger partial charge on any atom is -0.466 e. The van der Waals surface area contributed by atoms with E-state index in [0.717, 1.165) is 24.3 Å². The highest BCUT2D eigenvalue weighted by atomic mass is 32.2. The van der Waals surface area contributed by atoms with Gasteiger partial charge >= 0.3 is 5.97 Å². The van der Waals surface area contributed by atoms with Crippen molar-refractivity contribution in [3.05, 3.63) is 34.4 Å². The number of sulfone groups is 1. The highest BCUT2D eigenvalue weighted by Crippen LogP contribution is 2.17. The summed E-state index contributed by atoms with van der Waals surface area (Å²) in [6.07, 6.45) is -0.243. The molecule has 1 aromatic carbocycles. The first kappa shape index (κ1) is 15.1. The average Bonchev–Trinajstić information content (AvgIpc) is 2.37. The Balaban J connectivity index is 2.77. The van der Waals surface area contributed by atoms with Crippen LogP contribution in [-0.2, 0) is 19.4 Å². The summed E-state index contributed by atoms with van der Waals surface area (Å²) in [5.74, 6) is -0.975. The molecule has 0 atom stereocenters. The first-order valence-electron chi connectivity index (χ1n) is 5.49. The number of ether oxygens (including phenoxy) is 1. The lowest BCUT2D eigenvalue weighted by molar-refractivity contribution is -0.384. The van der Waals surface area contributed by atoms with Gasteiger partial charge in [-0.3, -0.25) is 14.9 Å². The fraction of sp³-hybridized carbons (Fsp3) is 0.364. The Labute approximate surface area is 110 Å². The van der Waals surface area contributed by atoms with Gasteiger partial charge in [0.2, 0.25) is 0 Å². The molecule has 0 aliphatic heterocycles. The van der Waals surface area contributed by atoms with Gasteiger partial charge < -0.3 is 4.74 Å². The zero-order valence-electron chi connectivity index (χ0n) is 10.2. The predicted molar refractivity (Wildman–Crippen MR) is 66.4 cm³/mol. The van der Waals surface area contributed by atoms with E-state index >= 15 is 0 Å². The number of rotatable bonds is 6. The minimum atomic E-state index is -3.64. The van der Waals surface area contributed by atoms with Gasteiger partial charge in [-0.05, 0) is 19.1 Å². The van der Waals surface area contributed by atoms with Gasteiger partial charge in [-0.25, -0.2) is 8.42 Å². The summed E-state index contributed by atoms with van der Waals surface area (Å²) in [6.45, 7) is 1.82.